The molecule has 0 saturated carbocycles. The second-order valence-electron chi connectivity index (χ2n) is 4.22. The summed E-state index contributed by atoms with van der Waals surface area (Å²) < 4.78 is 3.39. The zero-order valence-electron chi connectivity index (χ0n) is 10.4. The Morgan fingerprint density at radius 1 is 1.50 bits per heavy atom. The van der Waals surface area contributed by atoms with Gasteiger partial charge in [0.1, 0.15) is 5.15 Å². The second kappa shape index (κ2) is 5.35. The van der Waals surface area contributed by atoms with Crippen molar-refractivity contribution in [1.82, 2.24) is 19.3 Å². The normalized spacial score (nSPS) is 12.6. The number of rotatable bonds is 4. The standard InChI is InChI=1S/C12H15ClN4O/c1-3-9(2)17-5-4-10(15-17)7-16-8-14-11(13)6-12(16)18/h4-6,8-9H,3,7H2,1-2H3. The van der Waals surface area contributed by atoms with E-state index in [1.165, 1.54) is 17.0 Å². The minimum atomic E-state index is -0.173. The van der Waals surface area contributed by atoms with Crippen LogP contribution in [0.5, 0.6) is 0 Å². The minimum Gasteiger partial charge on any atom is -0.293 e. The molecule has 2 rings (SSSR count). The predicted molar refractivity (Wildman–Crippen MR) is 69.8 cm³/mol. The largest absolute Gasteiger partial charge is 0.293 e. The number of hydrogen-bond donors (Lipinski definition) is 0. The monoisotopic (exact) mass is 266 g/mol. The highest BCUT2D eigenvalue weighted by molar-refractivity contribution is 6.29. The third-order valence-corrected chi connectivity index (χ3v) is 3.09. The molecule has 0 radical (unpaired) electrons. The topological polar surface area (TPSA) is 52.7 Å². The molecular formula is C12H15ClN4O. The lowest BCUT2D eigenvalue weighted by Crippen LogP contribution is -2.20. The van der Waals surface area contributed by atoms with Crippen LogP contribution in [0.3, 0.4) is 0 Å². The van der Waals surface area contributed by atoms with E-state index in [1.54, 1.807) is 0 Å². The summed E-state index contributed by atoms with van der Waals surface area (Å²) in [4.78, 5) is 15.5. The van der Waals surface area contributed by atoms with Crippen LogP contribution in [0, 0.1) is 0 Å². The first-order valence-corrected chi connectivity index (χ1v) is 6.24. The Morgan fingerprint density at radius 2 is 2.28 bits per heavy atom. The number of halogens is 1. The molecule has 6 heteroatoms. The van der Waals surface area contributed by atoms with E-state index in [4.69, 9.17) is 11.6 Å². The molecular weight excluding hydrogens is 252 g/mol. The van der Waals surface area contributed by atoms with Crippen LogP contribution in [-0.2, 0) is 6.54 Å². The molecule has 2 aromatic rings. The van der Waals surface area contributed by atoms with Crippen molar-refractivity contribution >= 4 is 11.6 Å². The Hall–Kier alpha value is -1.62. The van der Waals surface area contributed by atoms with Crippen LogP contribution in [0.2, 0.25) is 5.15 Å². The first-order chi connectivity index (χ1) is 8.60. The fourth-order valence-electron chi connectivity index (χ4n) is 1.59. The van der Waals surface area contributed by atoms with Crippen LogP contribution >= 0.6 is 11.6 Å². The third-order valence-electron chi connectivity index (χ3n) is 2.88. The average Bonchev–Trinajstić information content (AvgIpc) is 2.80. The van der Waals surface area contributed by atoms with Gasteiger partial charge in [-0.2, -0.15) is 5.10 Å². The number of aromatic nitrogens is 4. The summed E-state index contributed by atoms with van der Waals surface area (Å²) in [5, 5.41) is 4.65. The van der Waals surface area contributed by atoms with Crippen molar-refractivity contribution in [3.05, 3.63) is 45.9 Å². The van der Waals surface area contributed by atoms with Gasteiger partial charge in [0.15, 0.2) is 0 Å². The van der Waals surface area contributed by atoms with Crippen LogP contribution < -0.4 is 5.56 Å². The van der Waals surface area contributed by atoms with Crippen molar-refractivity contribution in [2.45, 2.75) is 32.9 Å². The summed E-state index contributed by atoms with van der Waals surface area (Å²) >= 11 is 5.64. The lowest BCUT2D eigenvalue weighted by molar-refractivity contribution is 0.472. The zero-order valence-corrected chi connectivity index (χ0v) is 11.1. The quantitative estimate of drug-likeness (QED) is 0.797. The van der Waals surface area contributed by atoms with Gasteiger partial charge in [0.05, 0.1) is 18.6 Å². The highest BCUT2D eigenvalue weighted by Gasteiger charge is 2.06. The molecule has 0 fully saturated rings. The van der Waals surface area contributed by atoms with Crippen LogP contribution in [0.4, 0.5) is 0 Å². The lowest BCUT2D eigenvalue weighted by atomic mass is 10.3. The van der Waals surface area contributed by atoms with Gasteiger partial charge in [-0.1, -0.05) is 18.5 Å². The van der Waals surface area contributed by atoms with E-state index in [0.29, 0.717) is 12.6 Å². The van der Waals surface area contributed by atoms with Crippen molar-refractivity contribution in [1.29, 1.82) is 0 Å². The molecule has 1 atom stereocenters. The van der Waals surface area contributed by atoms with Crippen molar-refractivity contribution in [2.75, 3.05) is 0 Å². The molecule has 0 bridgehead atoms. The minimum absolute atomic E-state index is 0.173. The van der Waals surface area contributed by atoms with Gasteiger partial charge < -0.3 is 0 Å². The molecule has 2 heterocycles. The summed E-state index contributed by atoms with van der Waals surface area (Å²) in [6.45, 7) is 4.62. The summed E-state index contributed by atoms with van der Waals surface area (Å²) in [6, 6.07) is 3.57. The molecule has 0 aliphatic carbocycles. The summed E-state index contributed by atoms with van der Waals surface area (Å²) in [5.41, 5.74) is 0.662. The zero-order chi connectivity index (χ0) is 13.1. The summed E-state index contributed by atoms with van der Waals surface area (Å²) in [5.74, 6) is 0. The van der Waals surface area contributed by atoms with Crippen LogP contribution in [-0.4, -0.2) is 19.3 Å². The third kappa shape index (κ3) is 2.79. The summed E-state index contributed by atoms with van der Waals surface area (Å²) in [6.07, 6.45) is 4.38. The maximum Gasteiger partial charge on any atom is 0.255 e. The molecule has 5 nitrogen and oxygen atoms in total. The molecule has 0 saturated heterocycles. The van der Waals surface area contributed by atoms with E-state index >= 15 is 0 Å². The first-order valence-electron chi connectivity index (χ1n) is 5.86. The smallest absolute Gasteiger partial charge is 0.255 e. The molecule has 18 heavy (non-hydrogen) atoms. The van der Waals surface area contributed by atoms with E-state index in [2.05, 4.69) is 23.9 Å². The Morgan fingerprint density at radius 3 is 2.94 bits per heavy atom. The Bertz CT molecular complexity index is 590. The van der Waals surface area contributed by atoms with Crippen LogP contribution in [0.25, 0.3) is 0 Å². The Labute approximate surface area is 110 Å². The number of hydrogen-bond acceptors (Lipinski definition) is 3. The Balaban J connectivity index is 2.19. The van der Waals surface area contributed by atoms with E-state index in [0.717, 1.165) is 12.1 Å². The molecule has 0 aliphatic rings. The van der Waals surface area contributed by atoms with Crippen molar-refractivity contribution in [2.24, 2.45) is 0 Å². The van der Waals surface area contributed by atoms with Crippen LogP contribution in [0.1, 0.15) is 32.0 Å². The molecule has 1 unspecified atom stereocenters. The molecule has 0 aromatic carbocycles. The maximum atomic E-state index is 11.6. The van der Waals surface area contributed by atoms with E-state index in [-0.39, 0.29) is 10.7 Å². The van der Waals surface area contributed by atoms with Gasteiger partial charge in [-0.05, 0) is 19.4 Å². The molecule has 0 spiro atoms. The average molecular weight is 267 g/mol. The van der Waals surface area contributed by atoms with Gasteiger partial charge in [-0.3, -0.25) is 14.0 Å². The molecule has 96 valence electrons. The highest BCUT2D eigenvalue weighted by atomic mass is 35.5. The SMILES string of the molecule is CCC(C)n1ccc(Cn2cnc(Cl)cc2=O)n1. The highest BCUT2D eigenvalue weighted by Crippen LogP contribution is 2.09. The maximum absolute atomic E-state index is 11.6. The van der Waals surface area contributed by atoms with Crippen molar-refractivity contribution < 1.29 is 0 Å². The molecule has 2 aromatic heterocycles. The van der Waals surface area contributed by atoms with Gasteiger partial charge in [0.25, 0.3) is 5.56 Å². The van der Waals surface area contributed by atoms with E-state index < -0.39 is 0 Å². The summed E-state index contributed by atoms with van der Waals surface area (Å²) in [7, 11) is 0. The van der Waals surface area contributed by atoms with Gasteiger partial charge in [-0.15, -0.1) is 0 Å². The van der Waals surface area contributed by atoms with Gasteiger partial charge in [-0.25, -0.2) is 4.98 Å². The van der Waals surface area contributed by atoms with Crippen molar-refractivity contribution in [3.63, 3.8) is 0 Å². The number of nitrogens with zero attached hydrogens (tertiary/aromatic N) is 4. The van der Waals surface area contributed by atoms with Gasteiger partial charge in [0, 0.05) is 18.3 Å². The van der Waals surface area contributed by atoms with Gasteiger partial charge >= 0.3 is 0 Å². The van der Waals surface area contributed by atoms with E-state index in [1.807, 2.05) is 16.9 Å². The first kappa shape index (κ1) is 12.8. The fraction of sp³-hybridized carbons (Fsp3) is 0.417. The molecule has 0 amide bonds. The fourth-order valence-corrected chi connectivity index (χ4v) is 1.73. The predicted octanol–water partition coefficient (Wildman–Crippen LogP) is 2.11. The van der Waals surface area contributed by atoms with E-state index in [9.17, 15) is 4.79 Å². The van der Waals surface area contributed by atoms with Gasteiger partial charge in [0.2, 0.25) is 0 Å². The second-order valence-corrected chi connectivity index (χ2v) is 4.61. The van der Waals surface area contributed by atoms with Crippen LogP contribution in [0.15, 0.2) is 29.5 Å². The molecule has 0 N–H and O–H groups in total. The lowest BCUT2D eigenvalue weighted by Gasteiger charge is -2.08. The molecule has 0 aliphatic heterocycles. The Kier molecular flexibility index (Phi) is 3.81. The van der Waals surface area contributed by atoms with Crippen molar-refractivity contribution in [3.8, 4) is 0 Å².